The van der Waals surface area contributed by atoms with E-state index in [-0.39, 0.29) is 11.6 Å². The first-order chi connectivity index (χ1) is 14.1. The van der Waals surface area contributed by atoms with Gasteiger partial charge >= 0.3 is 0 Å². The number of ether oxygens (including phenoxy) is 1. The zero-order valence-corrected chi connectivity index (χ0v) is 16.4. The van der Waals surface area contributed by atoms with E-state index < -0.39 is 0 Å². The number of methoxy groups -OCH3 is 1. The maximum atomic E-state index is 12.9. The fourth-order valence-corrected chi connectivity index (χ4v) is 3.05. The highest BCUT2D eigenvalue weighted by molar-refractivity contribution is 6.30. The molecule has 146 valence electrons. The second kappa shape index (κ2) is 8.20. The first kappa shape index (κ1) is 18.8. The number of aromatic nitrogens is 4. The van der Waals surface area contributed by atoms with Gasteiger partial charge in [0.1, 0.15) is 5.75 Å². The van der Waals surface area contributed by atoms with Crippen molar-refractivity contribution in [3.63, 3.8) is 0 Å². The Morgan fingerprint density at radius 2 is 1.76 bits per heavy atom. The van der Waals surface area contributed by atoms with Crippen molar-refractivity contribution in [3.05, 3.63) is 89.3 Å². The van der Waals surface area contributed by atoms with E-state index in [2.05, 4.69) is 15.6 Å². The molecule has 0 atom stereocenters. The smallest absolute Gasteiger partial charge is 0.280 e. The molecule has 29 heavy (non-hydrogen) atoms. The number of hydrogen-bond acceptors (Lipinski definition) is 4. The summed E-state index contributed by atoms with van der Waals surface area (Å²) < 4.78 is 8.65. The van der Waals surface area contributed by atoms with Gasteiger partial charge in [0.25, 0.3) is 5.91 Å². The largest absolute Gasteiger partial charge is 0.497 e. The fraction of sp³-hybridized carbons (Fsp3) is 0.0952. The SMILES string of the molecule is COc1ccc(NC(=O)c2nnn(Cc3ccc(Cl)cc3)c2-n2cccc2)cc1. The van der Waals surface area contributed by atoms with Crippen LogP contribution in [0.3, 0.4) is 0 Å². The highest BCUT2D eigenvalue weighted by Crippen LogP contribution is 2.19. The fourth-order valence-electron chi connectivity index (χ4n) is 2.92. The van der Waals surface area contributed by atoms with Gasteiger partial charge in [0.05, 0.1) is 13.7 Å². The first-order valence-corrected chi connectivity index (χ1v) is 9.28. The number of carbonyl (C=O) groups excluding carboxylic acids is 1. The summed E-state index contributed by atoms with van der Waals surface area (Å²) in [5, 5.41) is 11.9. The predicted octanol–water partition coefficient (Wildman–Crippen LogP) is 4.03. The van der Waals surface area contributed by atoms with E-state index in [0.29, 0.717) is 28.8 Å². The minimum Gasteiger partial charge on any atom is -0.497 e. The molecule has 1 amide bonds. The van der Waals surface area contributed by atoms with Gasteiger partial charge in [-0.2, -0.15) is 0 Å². The summed E-state index contributed by atoms with van der Waals surface area (Å²) >= 11 is 5.97. The maximum Gasteiger partial charge on any atom is 0.280 e. The molecule has 2 aromatic carbocycles. The van der Waals surface area contributed by atoms with E-state index >= 15 is 0 Å². The lowest BCUT2D eigenvalue weighted by atomic mass is 10.2. The molecular formula is C21H18ClN5O2. The van der Waals surface area contributed by atoms with Gasteiger partial charge in [-0.25, -0.2) is 4.68 Å². The van der Waals surface area contributed by atoms with E-state index in [1.165, 1.54) is 0 Å². The standard InChI is InChI=1S/C21H18ClN5O2/c1-29-18-10-8-17(9-11-18)23-20(28)19-21(26-12-2-3-13-26)27(25-24-19)14-15-4-6-16(22)7-5-15/h2-13H,14H2,1H3,(H,23,28). The van der Waals surface area contributed by atoms with Gasteiger partial charge in [0.15, 0.2) is 11.5 Å². The Kier molecular flexibility index (Phi) is 5.31. The van der Waals surface area contributed by atoms with E-state index in [0.717, 1.165) is 5.56 Å². The van der Waals surface area contributed by atoms with Crippen LogP contribution in [0.2, 0.25) is 5.02 Å². The molecule has 4 aromatic rings. The van der Waals surface area contributed by atoms with Crippen LogP contribution in [-0.2, 0) is 6.54 Å². The van der Waals surface area contributed by atoms with Gasteiger partial charge in [-0.15, -0.1) is 5.10 Å². The number of hydrogen-bond donors (Lipinski definition) is 1. The Bertz CT molecular complexity index is 1100. The van der Waals surface area contributed by atoms with Gasteiger partial charge < -0.3 is 14.6 Å². The quantitative estimate of drug-likeness (QED) is 0.523. The van der Waals surface area contributed by atoms with Crippen LogP contribution in [0.15, 0.2) is 73.1 Å². The van der Waals surface area contributed by atoms with Crippen LogP contribution in [0.5, 0.6) is 5.75 Å². The highest BCUT2D eigenvalue weighted by Gasteiger charge is 2.21. The lowest BCUT2D eigenvalue weighted by Crippen LogP contribution is -2.16. The topological polar surface area (TPSA) is 74.0 Å². The van der Waals surface area contributed by atoms with Gasteiger partial charge in [-0.3, -0.25) is 4.79 Å². The van der Waals surface area contributed by atoms with E-state index in [9.17, 15) is 4.79 Å². The number of nitrogens with one attached hydrogen (secondary N) is 1. The third-order valence-corrected chi connectivity index (χ3v) is 4.62. The molecule has 8 heteroatoms. The van der Waals surface area contributed by atoms with Crippen molar-refractivity contribution < 1.29 is 9.53 Å². The van der Waals surface area contributed by atoms with Gasteiger partial charge in [-0.1, -0.05) is 28.9 Å². The van der Waals surface area contributed by atoms with Crippen molar-refractivity contribution in [2.75, 3.05) is 12.4 Å². The van der Waals surface area contributed by atoms with Crippen LogP contribution in [-0.4, -0.2) is 32.6 Å². The molecule has 0 aliphatic carbocycles. The number of carbonyl (C=O) groups is 1. The van der Waals surface area contributed by atoms with Gasteiger partial charge in [0, 0.05) is 23.1 Å². The second-order valence-electron chi connectivity index (χ2n) is 6.32. The minimum absolute atomic E-state index is 0.228. The summed E-state index contributed by atoms with van der Waals surface area (Å²) in [5.74, 6) is 0.946. The lowest BCUT2D eigenvalue weighted by Gasteiger charge is -2.10. The number of nitrogens with zero attached hydrogens (tertiary/aromatic N) is 4. The van der Waals surface area contributed by atoms with Crippen LogP contribution >= 0.6 is 11.6 Å². The zero-order valence-electron chi connectivity index (χ0n) is 15.6. The number of anilines is 1. The first-order valence-electron chi connectivity index (χ1n) is 8.91. The monoisotopic (exact) mass is 407 g/mol. The van der Waals surface area contributed by atoms with Crippen molar-refractivity contribution in [1.82, 2.24) is 19.6 Å². The molecule has 4 rings (SSSR count). The molecule has 0 radical (unpaired) electrons. The summed E-state index contributed by atoms with van der Waals surface area (Å²) in [5.41, 5.74) is 1.86. The molecule has 0 aliphatic rings. The van der Waals surface area contributed by atoms with Crippen molar-refractivity contribution in [1.29, 1.82) is 0 Å². The summed E-state index contributed by atoms with van der Waals surface area (Å²) in [6.07, 6.45) is 3.70. The average Bonchev–Trinajstić information content (AvgIpc) is 3.40. The molecule has 2 aromatic heterocycles. The van der Waals surface area contributed by atoms with E-state index in [1.807, 2.05) is 53.4 Å². The Hall–Kier alpha value is -3.58. The number of benzene rings is 2. The number of amides is 1. The molecule has 0 saturated heterocycles. The Labute approximate surface area is 172 Å². The molecular weight excluding hydrogens is 390 g/mol. The van der Waals surface area contributed by atoms with Crippen LogP contribution < -0.4 is 10.1 Å². The molecule has 0 spiro atoms. The Morgan fingerprint density at radius 3 is 2.41 bits per heavy atom. The average molecular weight is 408 g/mol. The second-order valence-corrected chi connectivity index (χ2v) is 6.76. The normalized spacial score (nSPS) is 10.7. The van der Waals surface area contributed by atoms with Crippen LogP contribution in [0, 0.1) is 0 Å². The summed E-state index contributed by atoms with van der Waals surface area (Å²) in [6.45, 7) is 0.452. The van der Waals surface area contributed by atoms with Gasteiger partial charge in [0.2, 0.25) is 0 Å². The van der Waals surface area contributed by atoms with Crippen molar-refractivity contribution >= 4 is 23.2 Å². The number of rotatable bonds is 6. The molecule has 0 bridgehead atoms. The zero-order chi connectivity index (χ0) is 20.2. The van der Waals surface area contributed by atoms with E-state index in [1.54, 1.807) is 36.1 Å². The molecule has 0 saturated carbocycles. The van der Waals surface area contributed by atoms with E-state index in [4.69, 9.17) is 16.3 Å². The third kappa shape index (κ3) is 4.14. The molecule has 7 nitrogen and oxygen atoms in total. The lowest BCUT2D eigenvalue weighted by molar-refractivity contribution is 0.102. The summed E-state index contributed by atoms with van der Waals surface area (Å²) in [4.78, 5) is 12.9. The highest BCUT2D eigenvalue weighted by atomic mass is 35.5. The van der Waals surface area contributed by atoms with Crippen molar-refractivity contribution in [3.8, 4) is 11.6 Å². The van der Waals surface area contributed by atoms with Crippen molar-refractivity contribution in [2.24, 2.45) is 0 Å². The van der Waals surface area contributed by atoms with Crippen LogP contribution in [0.25, 0.3) is 5.82 Å². The predicted molar refractivity (Wildman–Crippen MR) is 111 cm³/mol. The summed E-state index contributed by atoms with van der Waals surface area (Å²) in [6, 6.07) is 18.3. The van der Waals surface area contributed by atoms with Crippen LogP contribution in [0.4, 0.5) is 5.69 Å². The maximum absolute atomic E-state index is 12.9. The molecule has 1 N–H and O–H groups in total. The third-order valence-electron chi connectivity index (χ3n) is 4.37. The van der Waals surface area contributed by atoms with Crippen LogP contribution in [0.1, 0.15) is 16.1 Å². The molecule has 0 unspecified atom stereocenters. The molecule has 0 aliphatic heterocycles. The Balaban J connectivity index is 1.64. The number of halogens is 1. The van der Waals surface area contributed by atoms with Gasteiger partial charge in [-0.05, 0) is 54.1 Å². The minimum atomic E-state index is -0.346. The summed E-state index contributed by atoms with van der Waals surface area (Å²) in [7, 11) is 1.59. The van der Waals surface area contributed by atoms with Crippen molar-refractivity contribution in [2.45, 2.75) is 6.54 Å². The Morgan fingerprint density at radius 1 is 1.07 bits per heavy atom. The molecule has 0 fully saturated rings. The molecule has 2 heterocycles.